The largest absolute Gasteiger partial charge is 0.352 e. The summed E-state index contributed by atoms with van der Waals surface area (Å²) in [6.45, 7) is 1.52. The fourth-order valence-electron chi connectivity index (χ4n) is 4.15. The van der Waals surface area contributed by atoms with E-state index in [1.807, 2.05) is 0 Å². The zero-order valence-corrected chi connectivity index (χ0v) is 17.7. The normalized spacial score (nSPS) is 18.8. The van der Waals surface area contributed by atoms with Crippen molar-refractivity contribution in [2.75, 3.05) is 15.7 Å². The molecule has 7 nitrogen and oxygen atoms in total. The van der Waals surface area contributed by atoms with E-state index in [0.717, 1.165) is 30.0 Å². The van der Waals surface area contributed by atoms with Gasteiger partial charge in [-0.2, -0.15) is 4.31 Å². The molecule has 0 atom stereocenters. The standard InChI is InChI=1S/C22H25N3O4S/c1-16-9-5-6-12-18(16)25-22(27)24(15-21(26)23-17-10-3-2-4-11-17)19-13-7-8-14-20(19)30(25,28)29/h5-9,12-14,17H,2-4,10-11,15H2,1H3,(H,23,26). The number of carbonyl (C=O) groups excluding carboxylic acids is 2. The molecule has 1 N–H and O–H groups in total. The lowest BCUT2D eigenvalue weighted by atomic mass is 9.95. The van der Waals surface area contributed by atoms with Crippen LogP contribution in [0.5, 0.6) is 0 Å². The fourth-order valence-corrected chi connectivity index (χ4v) is 5.81. The van der Waals surface area contributed by atoms with E-state index in [1.54, 1.807) is 49.4 Å². The summed E-state index contributed by atoms with van der Waals surface area (Å²) in [5, 5.41) is 3.00. The number of anilines is 2. The highest BCUT2D eigenvalue weighted by Crippen LogP contribution is 2.38. The molecule has 30 heavy (non-hydrogen) atoms. The Morgan fingerprint density at radius 1 is 1.00 bits per heavy atom. The topological polar surface area (TPSA) is 86.8 Å². The van der Waals surface area contributed by atoms with Crippen molar-refractivity contribution in [2.24, 2.45) is 0 Å². The van der Waals surface area contributed by atoms with Crippen molar-refractivity contribution in [1.29, 1.82) is 0 Å². The van der Waals surface area contributed by atoms with Crippen molar-refractivity contribution in [3.8, 4) is 0 Å². The lowest BCUT2D eigenvalue weighted by molar-refractivity contribution is -0.120. The molecule has 1 fully saturated rings. The molecule has 0 aromatic heterocycles. The van der Waals surface area contributed by atoms with Gasteiger partial charge in [-0.25, -0.2) is 13.2 Å². The van der Waals surface area contributed by atoms with Crippen LogP contribution in [0.15, 0.2) is 53.4 Å². The van der Waals surface area contributed by atoms with Gasteiger partial charge in [0.2, 0.25) is 5.91 Å². The first-order valence-corrected chi connectivity index (χ1v) is 11.6. The van der Waals surface area contributed by atoms with E-state index in [1.165, 1.54) is 17.4 Å². The first-order chi connectivity index (χ1) is 14.4. The first-order valence-electron chi connectivity index (χ1n) is 10.2. The number of fused-ring (bicyclic) bond motifs is 1. The third-order valence-electron chi connectivity index (χ3n) is 5.69. The van der Waals surface area contributed by atoms with Gasteiger partial charge in [-0.1, -0.05) is 49.6 Å². The molecule has 0 radical (unpaired) electrons. The maximum atomic E-state index is 13.4. The van der Waals surface area contributed by atoms with E-state index in [9.17, 15) is 18.0 Å². The minimum absolute atomic E-state index is 0.0123. The predicted molar refractivity (Wildman–Crippen MR) is 115 cm³/mol. The van der Waals surface area contributed by atoms with Gasteiger partial charge >= 0.3 is 6.03 Å². The second-order valence-corrected chi connectivity index (χ2v) is 9.55. The number of rotatable bonds is 4. The van der Waals surface area contributed by atoms with Crippen LogP contribution in [0, 0.1) is 6.92 Å². The summed E-state index contributed by atoms with van der Waals surface area (Å²) in [5.74, 6) is -0.283. The van der Waals surface area contributed by atoms with Crippen LogP contribution in [0.3, 0.4) is 0 Å². The SMILES string of the molecule is Cc1ccccc1N1C(=O)N(CC(=O)NC2CCCCC2)c2ccccc2S1(=O)=O. The molecule has 1 aliphatic carbocycles. The summed E-state index contributed by atoms with van der Waals surface area (Å²) in [4.78, 5) is 27.4. The summed E-state index contributed by atoms with van der Waals surface area (Å²) in [5.41, 5.74) is 1.17. The van der Waals surface area contributed by atoms with Crippen LogP contribution >= 0.6 is 0 Å². The third kappa shape index (κ3) is 3.67. The molecule has 0 bridgehead atoms. The number of para-hydroxylation sites is 2. The van der Waals surface area contributed by atoms with Crippen LogP contribution in [-0.4, -0.2) is 32.9 Å². The lowest BCUT2D eigenvalue weighted by Crippen LogP contribution is -2.54. The molecule has 2 aromatic rings. The van der Waals surface area contributed by atoms with Crippen LogP contribution in [-0.2, 0) is 14.8 Å². The minimum atomic E-state index is -4.09. The number of aryl methyl sites for hydroxylation is 1. The molecule has 3 amide bonds. The van der Waals surface area contributed by atoms with E-state index < -0.39 is 16.1 Å². The lowest BCUT2D eigenvalue weighted by Gasteiger charge is -2.36. The molecule has 0 saturated heterocycles. The maximum absolute atomic E-state index is 13.4. The average Bonchev–Trinajstić information content (AvgIpc) is 2.73. The number of nitrogens with one attached hydrogen (secondary N) is 1. The summed E-state index contributed by atoms with van der Waals surface area (Å²) in [6, 6.07) is 12.5. The number of sulfonamides is 1. The Hall–Kier alpha value is -2.87. The molecule has 1 saturated carbocycles. The van der Waals surface area contributed by atoms with Crippen molar-refractivity contribution < 1.29 is 18.0 Å². The van der Waals surface area contributed by atoms with Crippen LogP contribution < -0.4 is 14.5 Å². The Balaban J connectivity index is 1.70. The molecular formula is C22H25N3O4S. The Morgan fingerprint density at radius 3 is 2.33 bits per heavy atom. The molecular weight excluding hydrogens is 402 g/mol. The summed E-state index contributed by atoms with van der Waals surface area (Å²) in [6.07, 6.45) is 5.19. The first kappa shape index (κ1) is 20.4. The zero-order valence-electron chi connectivity index (χ0n) is 16.9. The van der Waals surface area contributed by atoms with Crippen LogP contribution in [0.25, 0.3) is 0 Å². The number of nitrogens with zero attached hydrogens (tertiary/aromatic N) is 2. The number of carbonyl (C=O) groups is 2. The summed E-state index contributed by atoms with van der Waals surface area (Å²) < 4.78 is 27.4. The zero-order chi connectivity index (χ0) is 21.3. The second kappa shape index (κ2) is 8.10. The maximum Gasteiger partial charge on any atom is 0.343 e. The Labute approximate surface area is 176 Å². The van der Waals surface area contributed by atoms with Gasteiger partial charge < -0.3 is 5.32 Å². The van der Waals surface area contributed by atoms with Crippen molar-refractivity contribution in [1.82, 2.24) is 5.32 Å². The van der Waals surface area contributed by atoms with Gasteiger partial charge in [-0.3, -0.25) is 9.69 Å². The highest BCUT2D eigenvalue weighted by Gasteiger charge is 2.43. The van der Waals surface area contributed by atoms with Gasteiger partial charge in [-0.05, 0) is 43.5 Å². The third-order valence-corrected chi connectivity index (χ3v) is 7.42. The van der Waals surface area contributed by atoms with Gasteiger partial charge in [0.05, 0.1) is 11.4 Å². The molecule has 0 spiro atoms. The van der Waals surface area contributed by atoms with Gasteiger partial charge in [-0.15, -0.1) is 0 Å². The van der Waals surface area contributed by atoms with Crippen LogP contribution in [0.4, 0.5) is 16.2 Å². The fraction of sp³-hybridized carbons (Fsp3) is 0.364. The Morgan fingerprint density at radius 2 is 1.63 bits per heavy atom. The van der Waals surface area contributed by atoms with Crippen LogP contribution in [0.1, 0.15) is 37.7 Å². The van der Waals surface area contributed by atoms with Crippen molar-refractivity contribution in [3.05, 3.63) is 54.1 Å². The number of hydrogen-bond donors (Lipinski definition) is 1. The number of hydrogen-bond acceptors (Lipinski definition) is 4. The van der Waals surface area contributed by atoms with Gasteiger partial charge in [0, 0.05) is 6.04 Å². The molecule has 0 unspecified atom stereocenters. The van der Waals surface area contributed by atoms with Crippen molar-refractivity contribution in [3.63, 3.8) is 0 Å². The molecule has 1 aliphatic heterocycles. The highest BCUT2D eigenvalue weighted by molar-refractivity contribution is 7.94. The number of benzene rings is 2. The van der Waals surface area contributed by atoms with Crippen molar-refractivity contribution in [2.45, 2.75) is 50.0 Å². The number of amides is 3. The van der Waals surface area contributed by atoms with E-state index in [0.29, 0.717) is 5.56 Å². The summed E-state index contributed by atoms with van der Waals surface area (Å²) in [7, 11) is -4.09. The molecule has 158 valence electrons. The second-order valence-electron chi connectivity index (χ2n) is 7.79. The van der Waals surface area contributed by atoms with Gasteiger partial charge in [0.25, 0.3) is 10.0 Å². The quantitative estimate of drug-likeness (QED) is 0.808. The molecule has 2 aliphatic rings. The monoisotopic (exact) mass is 427 g/mol. The van der Waals surface area contributed by atoms with E-state index in [4.69, 9.17) is 0 Å². The van der Waals surface area contributed by atoms with E-state index in [2.05, 4.69) is 5.32 Å². The summed E-state index contributed by atoms with van der Waals surface area (Å²) >= 11 is 0. The predicted octanol–water partition coefficient (Wildman–Crippen LogP) is 3.58. The van der Waals surface area contributed by atoms with Crippen molar-refractivity contribution >= 4 is 33.3 Å². The number of urea groups is 1. The average molecular weight is 428 g/mol. The minimum Gasteiger partial charge on any atom is -0.352 e. The highest BCUT2D eigenvalue weighted by atomic mass is 32.2. The van der Waals surface area contributed by atoms with Gasteiger partial charge in [0.1, 0.15) is 11.4 Å². The van der Waals surface area contributed by atoms with Crippen LogP contribution in [0.2, 0.25) is 0 Å². The Kier molecular flexibility index (Phi) is 5.51. The molecule has 8 heteroatoms. The van der Waals surface area contributed by atoms with Gasteiger partial charge in [0.15, 0.2) is 0 Å². The molecule has 1 heterocycles. The van der Waals surface area contributed by atoms with E-state index >= 15 is 0 Å². The Bertz CT molecular complexity index is 1080. The smallest absolute Gasteiger partial charge is 0.343 e. The molecule has 2 aromatic carbocycles. The molecule has 4 rings (SSSR count). The van der Waals surface area contributed by atoms with E-state index in [-0.39, 0.29) is 34.8 Å².